The van der Waals surface area contributed by atoms with E-state index in [0.717, 1.165) is 4.47 Å². The van der Waals surface area contributed by atoms with Gasteiger partial charge >= 0.3 is 0 Å². The molecule has 0 heterocycles. The summed E-state index contributed by atoms with van der Waals surface area (Å²) in [6.45, 7) is 3.79. The van der Waals surface area contributed by atoms with Crippen molar-refractivity contribution in [1.82, 2.24) is 5.32 Å². The quantitative estimate of drug-likeness (QED) is 0.742. The van der Waals surface area contributed by atoms with Crippen LogP contribution in [0.15, 0.2) is 22.7 Å². The molecule has 0 unspecified atom stereocenters. The fraction of sp³-hybridized carbons (Fsp3) is 0.417. The molecule has 0 radical (unpaired) electrons. The minimum Gasteiger partial charge on any atom is -0.398 e. The van der Waals surface area contributed by atoms with E-state index in [-0.39, 0.29) is 24.5 Å². The zero-order chi connectivity index (χ0) is 13.0. The molecule has 17 heavy (non-hydrogen) atoms. The van der Waals surface area contributed by atoms with Gasteiger partial charge in [-0.2, -0.15) is 0 Å². The van der Waals surface area contributed by atoms with E-state index in [1.54, 1.807) is 18.2 Å². The lowest BCUT2D eigenvalue weighted by Crippen LogP contribution is -2.41. The fourth-order valence-corrected chi connectivity index (χ4v) is 1.79. The first-order valence-electron chi connectivity index (χ1n) is 5.42. The summed E-state index contributed by atoms with van der Waals surface area (Å²) in [4.78, 5) is 11.9. The van der Waals surface area contributed by atoms with Crippen molar-refractivity contribution in [2.45, 2.75) is 19.9 Å². The fourth-order valence-electron chi connectivity index (χ4n) is 1.41. The van der Waals surface area contributed by atoms with Gasteiger partial charge in [0.05, 0.1) is 18.2 Å². The lowest BCUT2D eigenvalue weighted by atomic mass is 10.0. The summed E-state index contributed by atoms with van der Waals surface area (Å²) in [5.41, 5.74) is 6.60. The maximum absolute atomic E-state index is 11.9. The molecule has 0 aromatic heterocycles. The number of carbonyl (C=O) groups is 1. The maximum Gasteiger partial charge on any atom is 0.253 e. The first kappa shape index (κ1) is 14.0. The number of rotatable bonds is 4. The van der Waals surface area contributed by atoms with Gasteiger partial charge in [0.15, 0.2) is 0 Å². The highest BCUT2D eigenvalue weighted by Crippen LogP contribution is 2.18. The Morgan fingerprint density at radius 2 is 2.18 bits per heavy atom. The van der Waals surface area contributed by atoms with Crippen molar-refractivity contribution < 1.29 is 9.90 Å². The predicted molar refractivity (Wildman–Crippen MR) is 71.7 cm³/mol. The molecule has 1 amide bonds. The van der Waals surface area contributed by atoms with Crippen LogP contribution in [0.4, 0.5) is 5.69 Å². The number of hydrogen-bond acceptors (Lipinski definition) is 3. The van der Waals surface area contributed by atoms with Crippen molar-refractivity contribution in [2.24, 2.45) is 5.92 Å². The van der Waals surface area contributed by atoms with Gasteiger partial charge in [0.2, 0.25) is 0 Å². The summed E-state index contributed by atoms with van der Waals surface area (Å²) < 4.78 is 0.828. The number of nitrogen functional groups attached to an aromatic ring is 1. The molecule has 0 saturated carbocycles. The van der Waals surface area contributed by atoms with E-state index in [1.807, 2.05) is 13.8 Å². The second-order valence-corrected chi connectivity index (χ2v) is 5.15. The van der Waals surface area contributed by atoms with Gasteiger partial charge in [-0.1, -0.05) is 29.8 Å². The Morgan fingerprint density at radius 3 is 2.65 bits per heavy atom. The summed E-state index contributed by atoms with van der Waals surface area (Å²) in [6.07, 6.45) is 0. The van der Waals surface area contributed by atoms with Crippen molar-refractivity contribution in [1.29, 1.82) is 0 Å². The Labute approximate surface area is 109 Å². The van der Waals surface area contributed by atoms with Crippen LogP contribution in [0.25, 0.3) is 0 Å². The highest BCUT2D eigenvalue weighted by atomic mass is 79.9. The summed E-state index contributed by atoms with van der Waals surface area (Å²) >= 11 is 3.28. The molecule has 1 rings (SSSR count). The number of nitrogens with two attached hydrogens (primary N) is 1. The van der Waals surface area contributed by atoms with Gasteiger partial charge in [-0.15, -0.1) is 0 Å². The molecular formula is C12H17BrN2O2. The Bertz CT molecular complexity index is 407. The first-order valence-corrected chi connectivity index (χ1v) is 6.21. The van der Waals surface area contributed by atoms with Gasteiger partial charge in [0.1, 0.15) is 0 Å². The number of benzene rings is 1. The van der Waals surface area contributed by atoms with Gasteiger partial charge in [-0.25, -0.2) is 0 Å². The van der Waals surface area contributed by atoms with E-state index in [2.05, 4.69) is 21.2 Å². The Kier molecular flexibility index (Phi) is 4.96. The summed E-state index contributed by atoms with van der Waals surface area (Å²) in [5.74, 6) is -0.0941. The van der Waals surface area contributed by atoms with Gasteiger partial charge in [0, 0.05) is 10.2 Å². The SMILES string of the molecule is CC(C)[C@@H](CO)NC(=O)c1ccc(Br)cc1N. The molecule has 0 aliphatic carbocycles. The smallest absolute Gasteiger partial charge is 0.253 e. The third-order valence-corrected chi connectivity index (χ3v) is 3.07. The first-order chi connectivity index (χ1) is 7.95. The molecule has 0 bridgehead atoms. The topological polar surface area (TPSA) is 75.3 Å². The third-order valence-electron chi connectivity index (χ3n) is 2.58. The number of halogens is 1. The van der Waals surface area contributed by atoms with Crippen molar-refractivity contribution >= 4 is 27.5 Å². The number of aliphatic hydroxyl groups is 1. The number of anilines is 1. The summed E-state index contributed by atoms with van der Waals surface area (Å²) in [7, 11) is 0. The molecule has 0 aliphatic heterocycles. The molecule has 1 atom stereocenters. The molecule has 4 N–H and O–H groups in total. The van der Waals surface area contributed by atoms with Gasteiger partial charge in [0.25, 0.3) is 5.91 Å². The normalized spacial score (nSPS) is 12.5. The van der Waals surface area contributed by atoms with Crippen LogP contribution in [-0.4, -0.2) is 23.7 Å². The molecule has 0 aliphatic rings. The van der Waals surface area contributed by atoms with Crippen LogP contribution in [0.2, 0.25) is 0 Å². The van der Waals surface area contributed by atoms with Crippen LogP contribution in [0.5, 0.6) is 0 Å². The standard InChI is InChI=1S/C12H17BrN2O2/c1-7(2)11(6-16)15-12(17)9-4-3-8(13)5-10(9)14/h3-5,7,11,16H,6,14H2,1-2H3,(H,15,17)/t11-/m1/s1. The molecular weight excluding hydrogens is 284 g/mol. The van der Waals surface area contributed by atoms with Crippen LogP contribution in [0, 0.1) is 5.92 Å². The van der Waals surface area contributed by atoms with Gasteiger partial charge < -0.3 is 16.2 Å². The monoisotopic (exact) mass is 300 g/mol. The van der Waals surface area contributed by atoms with E-state index in [9.17, 15) is 4.79 Å². The third kappa shape index (κ3) is 3.71. The lowest BCUT2D eigenvalue weighted by molar-refractivity contribution is 0.0898. The van der Waals surface area contributed by atoms with Crippen LogP contribution in [0.3, 0.4) is 0 Å². The summed E-state index contributed by atoms with van der Waals surface area (Å²) in [6, 6.07) is 4.83. The Balaban J connectivity index is 2.82. The van der Waals surface area contributed by atoms with Gasteiger partial charge in [-0.05, 0) is 24.1 Å². The number of carbonyl (C=O) groups excluding carboxylic acids is 1. The summed E-state index contributed by atoms with van der Waals surface area (Å²) in [5, 5.41) is 11.9. The Morgan fingerprint density at radius 1 is 1.53 bits per heavy atom. The van der Waals surface area contributed by atoms with Crippen LogP contribution >= 0.6 is 15.9 Å². The zero-order valence-corrected chi connectivity index (χ0v) is 11.5. The number of nitrogens with one attached hydrogen (secondary N) is 1. The average molecular weight is 301 g/mol. The molecule has 0 saturated heterocycles. The second kappa shape index (κ2) is 6.02. The molecule has 0 spiro atoms. The van der Waals surface area contributed by atoms with Crippen LogP contribution in [0.1, 0.15) is 24.2 Å². The average Bonchev–Trinajstić information content (AvgIpc) is 2.24. The van der Waals surface area contributed by atoms with E-state index in [0.29, 0.717) is 11.3 Å². The van der Waals surface area contributed by atoms with E-state index < -0.39 is 0 Å². The molecule has 1 aromatic rings. The maximum atomic E-state index is 11.9. The highest BCUT2D eigenvalue weighted by molar-refractivity contribution is 9.10. The van der Waals surface area contributed by atoms with Crippen molar-refractivity contribution in [2.75, 3.05) is 12.3 Å². The van der Waals surface area contributed by atoms with E-state index >= 15 is 0 Å². The van der Waals surface area contributed by atoms with Crippen LogP contribution < -0.4 is 11.1 Å². The van der Waals surface area contributed by atoms with Crippen molar-refractivity contribution in [3.05, 3.63) is 28.2 Å². The zero-order valence-electron chi connectivity index (χ0n) is 9.90. The lowest BCUT2D eigenvalue weighted by Gasteiger charge is -2.20. The number of aliphatic hydroxyl groups excluding tert-OH is 1. The van der Waals surface area contributed by atoms with Crippen molar-refractivity contribution in [3.63, 3.8) is 0 Å². The highest BCUT2D eigenvalue weighted by Gasteiger charge is 2.17. The molecule has 5 heteroatoms. The Hall–Kier alpha value is -1.07. The number of amides is 1. The van der Waals surface area contributed by atoms with E-state index in [4.69, 9.17) is 10.8 Å². The minimum absolute atomic E-state index is 0.0835. The molecule has 94 valence electrons. The molecule has 1 aromatic carbocycles. The van der Waals surface area contributed by atoms with Gasteiger partial charge in [-0.3, -0.25) is 4.79 Å². The number of hydrogen-bond donors (Lipinski definition) is 3. The molecule has 4 nitrogen and oxygen atoms in total. The van der Waals surface area contributed by atoms with Crippen molar-refractivity contribution in [3.8, 4) is 0 Å². The minimum atomic E-state index is -0.261. The predicted octanol–water partition coefficient (Wildman–Crippen LogP) is 1.78. The molecule has 0 fully saturated rings. The second-order valence-electron chi connectivity index (χ2n) is 4.24. The van der Waals surface area contributed by atoms with E-state index in [1.165, 1.54) is 0 Å². The van der Waals surface area contributed by atoms with Crippen LogP contribution in [-0.2, 0) is 0 Å². The largest absolute Gasteiger partial charge is 0.398 e.